The molecule has 0 N–H and O–H groups in total. The van der Waals surface area contributed by atoms with Crippen LogP contribution in [0.15, 0.2) is 30.3 Å². The van der Waals surface area contributed by atoms with E-state index >= 15 is 0 Å². The normalized spacial score (nSPS) is 19.9. The predicted octanol–water partition coefficient (Wildman–Crippen LogP) is 2.24. The maximum Gasteiger partial charge on any atom is 0.165 e. The molecule has 0 bridgehead atoms. The number of rotatable bonds is 4. The third-order valence-electron chi connectivity index (χ3n) is 3.96. The monoisotopic (exact) mass is 271 g/mol. The zero-order valence-electron chi connectivity index (χ0n) is 12.1. The maximum atomic E-state index is 4.16. The Labute approximate surface area is 119 Å². The molecule has 0 radical (unpaired) electrons. The second-order valence-electron chi connectivity index (χ2n) is 5.76. The summed E-state index contributed by atoms with van der Waals surface area (Å²) in [6.45, 7) is 7.27. The van der Waals surface area contributed by atoms with Crippen molar-refractivity contribution in [3.8, 4) is 0 Å². The Morgan fingerprint density at radius 2 is 2.05 bits per heavy atom. The van der Waals surface area contributed by atoms with Crippen molar-refractivity contribution in [1.29, 1.82) is 0 Å². The van der Waals surface area contributed by atoms with Crippen LogP contribution in [-0.2, 0) is 6.54 Å². The summed E-state index contributed by atoms with van der Waals surface area (Å²) < 4.78 is 1.91. The molecule has 0 amide bonds. The molecule has 2 heterocycles. The fourth-order valence-corrected chi connectivity index (χ4v) is 2.89. The van der Waals surface area contributed by atoms with Gasteiger partial charge >= 0.3 is 0 Å². The number of likely N-dealkylation sites (tertiary alicyclic amines) is 1. The van der Waals surface area contributed by atoms with Crippen molar-refractivity contribution < 1.29 is 0 Å². The van der Waals surface area contributed by atoms with Crippen molar-refractivity contribution in [3.05, 3.63) is 41.7 Å². The first-order chi connectivity index (χ1) is 9.74. The van der Waals surface area contributed by atoms with E-state index in [4.69, 9.17) is 0 Å². The predicted molar refractivity (Wildman–Crippen MR) is 77.3 cm³/mol. The summed E-state index contributed by atoms with van der Waals surface area (Å²) in [5.74, 6) is 1.60. The Balaban J connectivity index is 1.65. The van der Waals surface area contributed by atoms with Gasteiger partial charge in [-0.05, 0) is 48.7 Å². The average molecular weight is 271 g/mol. The number of benzene rings is 1. The van der Waals surface area contributed by atoms with Crippen LogP contribution in [-0.4, -0.2) is 38.2 Å². The van der Waals surface area contributed by atoms with Crippen LogP contribution in [0.25, 0.3) is 0 Å². The molecule has 1 fully saturated rings. The molecule has 1 aromatic heterocycles. The lowest BCUT2D eigenvalue weighted by Crippen LogP contribution is -2.23. The molecular formula is C15H21N5. The molecule has 1 aromatic carbocycles. The molecule has 0 aliphatic carbocycles. The summed E-state index contributed by atoms with van der Waals surface area (Å²) in [5, 5.41) is 12.0. The van der Waals surface area contributed by atoms with Crippen LogP contribution in [0.2, 0.25) is 0 Å². The first-order valence-electron chi connectivity index (χ1n) is 7.28. The summed E-state index contributed by atoms with van der Waals surface area (Å²) in [4.78, 5) is 2.45. The number of tetrazole rings is 1. The van der Waals surface area contributed by atoms with Crippen molar-refractivity contribution in [1.82, 2.24) is 25.1 Å². The third kappa shape index (κ3) is 2.72. The van der Waals surface area contributed by atoms with Gasteiger partial charge in [0, 0.05) is 6.54 Å². The molecule has 1 aliphatic rings. The van der Waals surface area contributed by atoms with E-state index in [-0.39, 0.29) is 0 Å². The minimum Gasteiger partial charge on any atom is -0.295 e. The van der Waals surface area contributed by atoms with Gasteiger partial charge in [-0.2, -0.15) is 0 Å². The van der Waals surface area contributed by atoms with Gasteiger partial charge in [-0.3, -0.25) is 4.90 Å². The summed E-state index contributed by atoms with van der Waals surface area (Å²) >= 11 is 0. The van der Waals surface area contributed by atoms with Gasteiger partial charge < -0.3 is 0 Å². The lowest BCUT2D eigenvalue weighted by molar-refractivity contribution is 0.305. The fourth-order valence-electron chi connectivity index (χ4n) is 2.89. The molecule has 0 spiro atoms. The summed E-state index contributed by atoms with van der Waals surface area (Å²) in [6, 6.07) is 11.1. The van der Waals surface area contributed by atoms with E-state index in [1.54, 1.807) is 0 Å². The highest BCUT2D eigenvalue weighted by Crippen LogP contribution is 2.27. The molecule has 5 heteroatoms. The lowest BCUT2D eigenvalue weighted by Gasteiger charge is -2.16. The van der Waals surface area contributed by atoms with Crippen LogP contribution in [0.4, 0.5) is 0 Å². The number of aromatic nitrogens is 4. The van der Waals surface area contributed by atoms with E-state index in [1.807, 2.05) is 4.68 Å². The molecule has 5 nitrogen and oxygen atoms in total. The largest absolute Gasteiger partial charge is 0.295 e. The van der Waals surface area contributed by atoms with Gasteiger partial charge in [0.1, 0.15) is 0 Å². The zero-order valence-corrected chi connectivity index (χ0v) is 12.1. The van der Waals surface area contributed by atoms with Crippen LogP contribution < -0.4 is 0 Å². The first kappa shape index (κ1) is 13.2. The van der Waals surface area contributed by atoms with Gasteiger partial charge in [-0.15, -0.1) is 5.10 Å². The quantitative estimate of drug-likeness (QED) is 0.855. The molecular weight excluding hydrogens is 250 g/mol. The molecule has 1 aliphatic heterocycles. The van der Waals surface area contributed by atoms with E-state index in [2.05, 4.69) is 64.6 Å². The summed E-state index contributed by atoms with van der Waals surface area (Å²) in [5.41, 5.74) is 1.44. The molecule has 0 saturated carbocycles. The number of hydrogen-bond donors (Lipinski definition) is 0. The van der Waals surface area contributed by atoms with Gasteiger partial charge in [0.25, 0.3) is 0 Å². The molecule has 1 atom stereocenters. The molecule has 2 aromatic rings. The Kier molecular flexibility index (Phi) is 3.78. The Morgan fingerprint density at radius 1 is 1.25 bits per heavy atom. The average Bonchev–Trinajstić information content (AvgIpc) is 3.09. The molecule has 0 unspecified atom stereocenters. The van der Waals surface area contributed by atoms with Gasteiger partial charge in [-0.25, -0.2) is 4.68 Å². The van der Waals surface area contributed by atoms with Crippen LogP contribution in [0.1, 0.15) is 43.6 Å². The minimum absolute atomic E-state index is 0.313. The zero-order chi connectivity index (χ0) is 13.9. The summed E-state index contributed by atoms with van der Waals surface area (Å²) in [7, 11) is 0. The molecule has 20 heavy (non-hydrogen) atoms. The van der Waals surface area contributed by atoms with E-state index < -0.39 is 0 Å². The standard InChI is InChI=1S/C15H21N5/c1-12(2)20-15(16-17-18-20)11-19-9-8-14(10-19)13-6-4-3-5-7-13/h3-7,12,14H,8-11H2,1-2H3/t14-/m1/s1. The van der Waals surface area contributed by atoms with Crippen LogP contribution in [0.5, 0.6) is 0 Å². The van der Waals surface area contributed by atoms with Crippen molar-refractivity contribution in [2.75, 3.05) is 13.1 Å². The van der Waals surface area contributed by atoms with E-state index in [0.29, 0.717) is 12.0 Å². The molecule has 1 saturated heterocycles. The van der Waals surface area contributed by atoms with Crippen molar-refractivity contribution >= 4 is 0 Å². The van der Waals surface area contributed by atoms with Crippen LogP contribution >= 0.6 is 0 Å². The van der Waals surface area contributed by atoms with E-state index in [9.17, 15) is 0 Å². The van der Waals surface area contributed by atoms with Gasteiger partial charge in [0.2, 0.25) is 0 Å². The topological polar surface area (TPSA) is 46.8 Å². The Hall–Kier alpha value is -1.75. The Morgan fingerprint density at radius 3 is 2.80 bits per heavy atom. The maximum absolute atomic E-state index is 4.16. The van der Waals surface area contributed by atoms with Crippen molar-refractivity contribution in [2.24, 2.45) is 0 Å². The fraction of sp³-hybridized carbons (Fsp3) is 0.533. The Bertz CT molecular complexity index is 548. The van der Waals surface area contributed by atoms with Gasteiger partial charge in [0.15, 0.2) is 5.82 Å². The minimum atomic E-state index is 0.313. The number of hydrogen-bond acceptors (Lipinski definition) is 4. The summed E-state index contributed by atoms with van der Waals surface area (Å²) in [6.07, 6.45) is 1.22. The number of nitrogens with zero attached hydrogens (tertiary/aromatic N) is 5. The van der Waals surface area contributed by atoms with Crippen LogP contribution in [0.3, 0.4) is 0 Å². The second kappa shape index (κ2) is 5.71. The van der Waals surface area contributed by atoms with Crippen molar-refractivity contribution in [3.63, 3.8) is 0 Å². The van der Waals surface area contributed by atoms with E-state index in [0.717, 1.165) is 25.5 Å². The molecule has 3 rings (SSSR count). The van der Waals surface area contributed by atoms with Crippen LogP contribution in [0, 0.1) is 0 Å². The van der Waals surface area contributed by atoms with Gasteiger partial charge in [-0.1, -0.05) is 30.3 Å². The lowest BCUT2D eigenvalue weighted by atomic mass is 9.99. The second-order valence-corrected chi connectivity index (χ2v) is 5.76. The van der Waals surface area contributed by atoms with Gasteiger partial charge in [0.05, 0.1) is 12.6 Å². The van der Waals surface area contributed by atoms with Crippen molar-refractivity contribution in [2.45, 2.75) is 38.8 Å². The third-order valence-corrected chi connectivity index (χ3v) is 3.96. The highest BCUT2D eigenvalue weighted by atomic mass is 15.6. The highest BCUT2D eigenvalue weighted by molar-refractivity contribution is 5.21. The smallest absolute Gasteiger partial charge is 0.165 e. The molecule has 106 valence electrons. The van der Waals surface area contributed by atoms with E-state index in [1.165, 1.54) is 12.0 Å². The SMILES string of the molecule is CC(C)n1nnnc1CN1CC[C@@H](c2ccccc2)C1. The first-order valence-corrected chi connectivity index (χ1v) is 7.28. The highest BCUT2D eigenvalue weighted by Gasteiger charge is 2.25.